The Morgan fingerprint density at radius 2 is 2.06 bits per heavy atom. The molecule has 2 saturated heterocycles. The van der Waals surface area contributed by atoms with Crippen LogP contribution in [-0.4, -0.2) is 40.8 Å². The molecule has 3 aliphatic heterocycles. The van der Waals surface area contributed by atoms with Gasteiger partial charge in [0.25, 0.3) is 0 Å². The first kappa shape index (κ1) is 20.8. The van der Waals surface area contributed by atoms with Crippen molar-refractivity contribution in [2.75, 3.05) is 13.1 Å². The molecule has 0 radical (unpaired) electrons. The third-order valence-corrected chi connectivity index (χ3v) is 7.41. The van der Waals surface area contributed by atoms with Gasteiger partial charge in [-0.2, -0.15) is 0 Å². The van der Waals surface area contributed by atoms with Crippen molar-refractivity contribution in [3.05, 3.63) is 64.2 Å². The highest BCUT2D eigenvalue weighted by molar-refractivity contribution is 6.30. The van der Waals surface area contributed by atoms with E-state index < -0.39 is 5.97 Å². The minimum absolute atomic E-state index is 0.00186. The predicted molar refractivity (Wildman–Crippen MR) is 119 cm³/mol. The fourth-order valence-corrected chi connectivity index (χ4v) is 5.79. The number of benzene rings is 2. The van der Waals surface area contributed by atoms with Crippen LogP contribution in [0.4, 0.5) is 0 Å². The minimum atomic E-state index is -0.868. The number of hydrogen-bond acceptors (Lipinski definition) is 4. The molecular weight excluding hydrogens is 414 g/mol. The Hall–Kier alpha value is -2.08. The van der Waals surface area contributed by atoms with Crippen LogP contribution in [0, 0.1) is 11.8 Å². The van der Waals surface area contributed by atoms with Gasteiger partial charge < -0.3 is 14.6 Å². The van der Waals surface area contributed by atoms with Gasteiger partial charge in [-0.05, 0) is 62.4 Å². The monoisotopic (exact) mass is 441 g/mol. The number of carboxylic acid groups (broad SMARTS) is 1. The van der Waals surface area contributed by atoms with E-state index in [9.17, 15) is 9.90 Å². The van der Waals surface area contributed by atoms with Crippen LogP contribution in [0.25, 0.3) is 0 Å². The number of halogens is 1. The number of likely N-dealkylation sites (tertiary alicyclic amines) is 1. The van der Waals surface area contributed by atoms with Crippen LogP contribution in [0.5, 0.6) is 5.75 Å². The first-order valence-electron chi connectivity index (χ1n) is 11.0. The predicted octanol–water partition coefficient (Wildman–Crippen LogP) is 5.18. The maximum absolute atomic E-state index is 11.6. The summed E-state index contributed by atoms with van der Waals surface area (Å²) in [4.78, 5) is 14.0. The third kappa shape index (κ3) is 3.84. The molecule has 4 atom stereocenters. The SMILES string of the molecule is CC1(C)Oc2ccc(Cl)cc2[C@@H]2O[C@@H]3CCN(Cc4ccccc4C(=O)O)C[C@H]3C[C@H]21. The van der Waals surface area contributed by atoms with Gasteiger partial charge in [-0.25, -0.2) is 4.79 Å². The van der Waals surface area contributed by atoms with Crippen LogP contribution in [-0.2, 0) is 11.3 Å². The first-order chi connectivity index (χ1) is 14.8. The van der Waals surface area contributed by atoms with Gasteiger partial charge >= 0.3 is 5.97 Å². The fourth-order valence-electron chi connectivity index (χ4n) is 5.61. The summed E-state index contributed by atoms with van der Waals surface area (Å²) in [6.07, 6.45) is 2.16. The van der Waals surface area contributed by atoms with Crippen molar-refractivity contribution in [1.29, 1.82) is 0 Å². The molecule has 31 heavy (non-hydrogen) atoms. The lowest BCUT2D eigenvalue weighted by Gasteiger charge is -2.53. The van der Waals surface area contributed by atoms with E-state index in [1.54, 1.807) is 12.1 Å². The van der Waals surface area contributed by atoms with Gasteiger partial charge in [0.1, 0.15) is 11.4 Å². The lowest BCUT2D eigenvalue weighted by Crippen LogP contribution is -2.55. The number of carboxylic acids is 1. The number of hydrogen-bond donors (Lipinski definition) is 1. The molecule has 2 aromatic rings. The smallest absolute Gasteiger partial charge is 0.336 e. The Bertz CT molecular complexity index is 1010. The van der Waals surface area contributed by atoms with Crippen molar-refractivity contribution in [3.63, 3.8) is 0 Å². The Morgan fingerprint density at radius 3 is 2.87 bits per heavy atom. The van der Waals surface area contributed by atoms with E-state index in [1.807, 2.05) is 30.3 Å². The Kier molecular flexibility index (Phi) is 5.24. The van der Waals surface area contributed by atoms with Crippen molar-refractivity contribution >= 4 is 17.6 Å². The Morgan fingerprint density at radius 1 is 1.26 bits per heavy atom. The van der Waals surface area contributed by atoms with Crippen molar-refractivity contribution in [1.82, 2.24) is 4.90 Å². The van der Waals surface area contributed by atoms with Crippen LogP contribution >= 0.6 is 11.6 Å². The highest BCUT2D eigenvalue weighted by Crippen LogP contribution is 2.53. The molecular formula is C25H28ClNO4. The zero-order chi connectivity index (χ0) is 21.8. The summed E-state index contributed by atoms with van der Waals surface area (Å²) in [5, 5.41) is 10.2. The van der Waals surface area contributed by atoms with Gasteiger partial charge in [-0.3, -0.25) is 4.90 Å². The van der Waals surface area contributed by atoms with E-state index in [0.717, 1.165) is 42.8 Å². The van der Waals surface area contributed by atoms with Crippen molar-refractivity contribution < 1.29 is 19.4 Å². The molecule has 2 aromatic carbocycles. The van der Waals surface area contributed by atoms with E-state index in [-0.39, 0.29) is 23.7 Å². The summed E-state index contributed by atoms with van der Waals surface area (Å²) in [7, 11) is 0. The van der Waals surface area contributed by atoms with Gasteiger partial charge in [0.05, 0.1) is 17.8 Å². The van der Waals surface area contributed by atoms with E-state index >= 15 is 0 Å². The molecule has 6 heteroatoms. The molecule has 0 unspecified atom stereocenters. The number of aromatic carboxylic acids is 1. The second-order valence-corrected chi connectivity index (χ2v) is 10.0. The molecule has 5 rings (SSSR count). The van der Waals surface area contributed by atoms with Crippen molar-refractivity contribution in [2.45, 2.75) is 51.0 Å². The molecule has 0 amide bonds. The van der Waals surface area contributed by atoms with Crippen LogP contribution in [0.2, 0.25) is 5.02 Å². The summed E-state index contributed by atoms with van der Waals surface area (Å²) in [5.41, 5.74) is 2.00. The van der Waals surface area contributed by atoms with Crippen molar-refractivity contribution in [2.24, 2.45) is 11.8 Å². The van der Waals surface area contributed by atoms with Gasteiger partial charge in [0.2, 0.25) is 0 Å². The molecule has 3 heterocycles. The molecule has 0 saturated carbocycles. The number of ether oxygens (including phenoxy) is 2. The summed E-state index contributed by atoms with van der Waals surface area (Å²) in [5.74, 6) is 0.645. The number of fused-ring (bicyclic) bond motifs is 4. The average Bonchev–Trinajstić information content (AvgIpc) is 2.73. The largest absolute Gasteiger partial charge is 0.487 e. The van der Waals surface area contributed by atoms with Gasteiger partial charge in [-0.15, -0.1) is 0 Å². The number of nitrogens with zero attached hydrogens (tertiary/aromatic N) is 1. The highest BCUT2D eigenvalue weighted by Gasteiger charge is 2.51. The standard InChI is InChI=1S/C25H28ClNO4/c1-25(2)20-11-16-14-27(13-15-5-3-4-6-18(15)24(28)29)10-9-21(16)30-23(20)19-12-17(26)7-8-22(19)31-25/h3-8,12,16,20-21,23H,9-11,13-14H2,1-2H3,(H,28,29)/t16-,20-,21-,23+/m1/s1. The first-order valence-corrected chi connectivity index (χ1v) is 11.4. The molecule has 2 fully saturated rings. The molecule has 5 nitrogen and oxygen atoms in total. The number of carbonyl (C=O) groups is 1. The molecule has 3 aliphatic rings. The van der Waals surface area contributed by atoms with Gasteiger partial charge in [0, 0.05) is 36.1 Å². The molecule has 0 spiro atoms. The van der Waals surface area contributed by atoms with Crippen LogP contribution < -0.4 is 4.74 Å². The molecule has 1 N–H and O–H groups in total. The Balaban J connectivity index is 1.35. The van der Waals surface area contributed by atoms with E-state index in [4.69, 9.17) is 21.1 Å². The second-order valence-electron chi connectivity index (χ2n) is 9.57. The Labute approximate surface area is 187 Å². The molecule has 164 valence electrons. The lowest BCUT2D eigenvalue weighted by atomic mass is 9.70. The molecule has 0 aromatic heterocycles. The van der Waals surface area contributed by atoms with E-state index in [1.165, 1.54) is 0 Å². The molecule has 0 bridgehead atoms. The number of piperidine rings is 1. The van der Waals surface area contributed by atoms with Crippen LogP contribution in [0.15, 0.2) is 42.5 Å². The van der Waals surface area contributed by atoms with Crippen molar-refractivity contribution in [3.8, 4) is 5.75 Å². The quantitative estimate of drug-likeness (QED) is 0.711. The normalized spacial score (nSPS) is 29.3. The number of rotatable bonds is 3. The van der Waals surface area contributed by atoms with Gasteiger partial charge in [0.15, 0.2) is 0 Å². The summed E-state index contributed by atoms with van der Waals surface area (Å²) in [6.45, 7) is 6.75. The fraction of sp³-hybridized carbons (Fsp3) is 0.480. The van der Waals surface area contributed by atoms with E-state index in [0.29, 0.717) is 23.0 Å². The zero-order valence-corrected chi connectivity index (χ0v) is 18.6. The highest BCUT2D eigenvalue weighted by atomic mass is 35.5. The second kappa shape index (κ2) is 7.80. The van der Waals surface area contributed by atoms with Crippen LogP contribution in [0.3, 0.4) is 0 Å². The van der Waals surface area contributed by atoms with Gasteiger partial charge in [-0.1, -0.05) is 29.8 Å². The summed E-state index contributed by atoms with van der Waals surface area (Å²) in [6, 6.07) is 13.1. The zero-order valence-electron chi connectivity index (χ0n) is 17.9. The summed E-state index contributed by atoms with van der Waals surface area (Å²) < 4.78 is 13.1. The lowest BCUT2D eigenvalue weighted by molar-refractivity contribution is -0.187. The maximum Gasteiger partial charge on any atom is 0.336 e. The van der Waals surface area contributed by atoms with Crippen LogP contribution in [0.1, 0.15) is 54.3 Å². The average molecular weight is 442 g/mol. The summed E-state index contributed by atoms with van der Waals surface area (Å²) >= 11 is 6.29. The maximum atomic E-state index is 11.6. The minimum Gasteiger partial charge on any atom is -0.487 e. The molecule has 0 aliphatic carbocycles. The topological polar surface area (TPSA) is 59.0 Å². The van der Waals surface area contributed by atoms with E-state index in [2.05, 4.69) is 18.7 Å². The third-order valence-electron chi connectivity index (χ3n) is 7.18.